The lowest BCUT2D eigenvalue weighted by Gasteiger charge is -2.10. The molecular formula is C11H16O4S. The molecule has 1 N–H and O–H groups in total. The SMILES string of the molecule is COC[C@H](O)CS(=O)(=O)Cc1ccccc1. The summed E-state index contributed by atoms with van der Waals surface area (Å²) >= 11 is 0. The third kappa shape index (κ3) is 4.74. The van der Waals surface area contributed by atoms with Crippen LogP contribution < -0.4 is 0 Å². The first-order valence-corrected chi connectivity index (χ1v) is 6.77. The number of methoxy groups -OCH3 is 1. The summed E-state index contributed by atoms with van der Waals surface area (Å²) in [5, 5.41) is 9.36. The van der Waals surface area contributed by atoms with Gasteiger partial charge in [0.05, 0.1) is 24.2 Å². The highest BCUT2D eigenvalue weighted by atomic mass is 32.2. The molecule has 1 aromatic rings. The van der Waals surface area contributed by atoms with Crippen molar-refractivity contribution in [3.8, 4) is 0 Å². The predicted octanol–water partition coefficient (Wildman–Crippen LogP) is 0.609. The number of aliphatic hydroxyl groups excluding tert-OH is 1. The largest absolute Gasteiger partial charge is 0.390 e. The van der Waals surface area contributed by atoms with Gasteiger partial charge in [-0.25, -0.2) is 8.42 Å². The Labute approximate surface area is 95.8 Å². The smallest absolute Gasteiger partial charge is 0.157 e. The van der Waals surface area contributed by atoms with Crippen molar-refractivity contribution < 1.29 is 18.3 Å². The van der Waals surface area contributed by atoms with Crippen LogP contribution in [-0.2, 0) is 20.3 Å². The number of sulfone groups is 1. The third-order valence-electron chi connectivity index (χ3n) is 2.03. The van der Waals surface area contributed by atoms with E-state index in [-0.39, 0.29) is 18.1 Å². The minimum Gasteiger partial charge on any atom is -0.390 e. The number of rotatable bonds is 6. The molecule has 0 aliphatic carbocycles. The van der Waals surface area contributed by atoms with Gasteiger partial charge in [-0.05, 0) is 5.56 Å². The van der Waals surface area contributed by atoms with E-state index >= 15 is 0 Å². The Morgan fingerprint density at radius 2 is 1.94 bits per heavy atom. The van der Waals surface area contributed by atoms with Crippen LogP contribution in [0, 0.1) is 0 Å². The fourth-order valence-electron chi connectivity index (χ4n) is 1.42. The fourth-order valence-corrected chi connectivity index (χ4v) is 2.92. The summed E-state index contributed by atoms with van der Waals surface area (Å²) in [7, 11) is -1.86. The molecule has 4 nitrogen and oxygen atoms in total. The standard InChI is InChI=1S/C11H16O4S/c1-15-7-11(12)9-16(13,14)8-10-5-3-2-4-6-10/h2-6,11-12H,7-9H2,1H3/t11-/m0/s1. The fraction of sp³-hybridized carbons (Fsp3) is 0.455. The van der Waals surface area contributed by atoms with Gasteiger partial charge in [0.25, 0.3) is 0 Å². The number of aliphatic hydroxyl groups is 1. The lowest BCUT2D eigenvalue weighted by atomic mass is 10.2. The van der Waals surface area contributed by atoms with Gasteiger partial charge in [-0.1, -0.05) is 30.3 Å². The van der Waals surface area contributed by atoms with Crippen LogP contribution in [0.25, 0.3) is 0 Å². The zero-order valence-electron chi connectivity index (χ0n) is 9.17. The first-order valence-electron chi connectivity index (χ1n) is 4.95. The maximum atomic E-state index is 11.7. The molecule has 1 aromatic carbocycles. The van der Waals surface area contributed by atoms with E-state index in [0.717, 1.165) is 5.56 Å². The molecule has 0 heterocycles. The first kappa shape index (κ1) is 13.2. The van der Waals surface area contributed by atoms with E-state index in [1.54, 1.807) is 24.3 Å². The summed E-state index contributed by atoms with van der Waals surface area (Å²) in [6.45, 7) is 0.0357. The van der Waals surface area contributed by atoms with Gasteiger partial charge in [-0.2, -0.15) is 0 Å². The molecule has 0 aliphatic rings. The molecule has 5 heteroatoms. The molecule has 16 heavy (non-hydrogen) atoms. The van der Waals surface area contributed by atoms with Crippen LogP contribution in [0.3, 0.4) is 0 Å². The molecule has 0 spiro atoms. The van der Waals surface area contributed by atoms with Gasteiger partial charge in [-0.3, -0.25) is 0 Å². The van der Waals surface area contributed by atoms with E-state index in [1.165, 1.54) is 7.11 Å². The lowest BCUT2D eigenvalue weighted by molar-refractivity contribution is 0.0783. The predicted molar refractivity (Wildman–Crippen MR) is 61.8 cm³/mol. The van der Waals surface area contributed by atoms with Crippen molar-refractivity contribution in [1.29, 1.82) is 0 Å². The molecule has 1 rings (SSSR count). The average Bonchev–Trinajstić information content (AvgIpc) is 2.17. The quantitative estimate of drug-likeness (QED) is 0.796. The van der Waals surface area contributed by atoms with Crippen LogP contribution >= 0.6 is 0 Å². The molecule has 90 valence electrons. The van der Waals surface area contributed by atoms with Gasteiger partial charge in [-0.15, -0.1) is 0 Å². The van der Waals surface area contributed by atoms with Crippen molar-refractivity contribution >= 4 is 9.84 Å². The zero-order chi connectivity index (χ0) is 12.0. The Bertz CT molecular complexity index is 399. The Kier molecular flexibility index (Phi) is 4.92. The molecule has 0 saturated heterocycles. The van der Waals surface area contributed by atoms with Gasteiger partial charge in [0.1, 0.15) is 0 Å². The van der Waals surface area contributed by atoms with E-state index in [0.29, 0.717) is 0 Å². The highest BCUT2D eigenvalue weighted by Crippen LogP contribution is 2.07. The van der Waals surface area contributed by atoms with Crippen molar-refractivity contribution in [3.63, 3.8) is 0 Å². The van der Waals surface area contributed by atoms with Crippen LogP contribution in [0.4, 0.5) is 0 Å². The van der Waals surface area contributed by atoms with E-state index in [4.69, 9.17) is 0 Å². The van der Waals surface area contributed by atoms with E-state index < -0.39 is 15.9 Å². The summed E-state index contributed by atoms with van der Waals surface area (Å²) in [6, 6.07) is 8.91. The van der Waals surface area contributed by atoms with Crippen LogP contribution in [0.2, 0.25) is 0 Å². The van der Waals surface area contributed by atoms with Crippen molar-refractivity contribution in [1.82, 2.24) is 0 Å². The first-order chi connectivity index (χ1) is 7.53. The minimum atomic E-state index is -3.29. The molecular weight excluding hydrogens is 228 g/mol. The van der Waals surface area contributed by atoms with E-state index in [1.807, 2.05) is 6.07 Å². The second-order valence-corrected chi connectivity index (χ2v) is 5.76. The minimum absolute atomic E-state index is 0.0357. The summed E-state index contributed by atoms with van der Waals surface area (Å²) in [6.07, 6.45) is -0.960. The highest BCUT2D eigenvalue weighted by Gasteiger charge is 2.17. The van der Waals surface area contributed by atoms with Gasteiger partial charge in [0.2, 0.25) is 0 Å². The van der Waals surface area contributed by atoms with Crippen molar-refractivity contribution in [3.05, 3.63) is 35.9 Å². The zero-order valence-corrected chi connectivity index (χ0v) is 9.98. The molecule has 0 unspecified atom stereocenters. The van der Waals surface area contributed by atoms with Crippen LogP contribution in [-0.4, -0.2) is 39.1 Å². The summed E-state index contributed by atoms with van der Waals surface area (Å²) in [5.74, 6) is -0.315. The number of ether oxygens (including phenoxy) is 1. The monoisotopic (exact) mass is 244 g/mol. The Morgan fingerprint density at radius 1 is 1.31 bits per heavy atom. The maximum absolute atomic E-state index is 11.7. The Balaban J connectivity index is 2.59. The Morgan fingerprint density at radius 3 is 2.50 bits per heavy atom. The van der Waals surface area contributed by atoms with Gasteiger partial charge in [0, 0.05) is 7.11 Å². The normalized spacial score (nSPS) is 13.6. The second-order valence-electron chi connectivity index (χ2n) is 3.65. The Hall–Kier alpha value is -0.910. The van der Waals surface area contributed by atoms with Gasteiger partial charge >= 0.3 is 0 Å². The van der Waals surface area contributed by atoms with Gasteiger partial charge in [0.15, 0.2) is 9.84 Å². The average molecular weight is 244 g/mol. The molecule has 0 fully saturated rings. The molecule has 0 radical (unpaired) electrons. The maximum Gasteiger partial charge on any atom is 0.157 e. The van der Waals surface area contributed by atoms with Gasteiger partial charge < -0.3 is 9.84 Å². The summed E-state index contributed by atoms with van der Waals surface area (Å²) < 4.78 is 28.0. The van der Waals surface area contributed by atoms with Crippen LogP contribution in [0.15, 0.2) is 30.3 Å². The van der Waals surface area contributed by atoms with Crippen molar-refractivity contribution in [2.75, 3.05) is 19.5 Å². The lowest BCUT2D eigenvalue weighted by Crippen LogP contribution is -2.26. The number of hydrogen-bond donors (Lipinski definition) is 1. The van der Waals surface area contributed by atoms with Crippen molar-refractivity contribution in [2.45, 2.75) is 11.9 Å². The molecule has 0 bridgehead atoms. The molecule has 0 saturated carbocycles. The topological polar surface area (TPSA) is 63.6 Å². The molecule has 0 aliphatic heterocycles. The van der Waals surface area contributed by atoms with E-state index in [9.17, 15) is 13.5 Å². The molecule has 1 atom stereocenters. The molecule has 0 amide bonds. The second kappa shape index (κ2) is 5.98. The number of benzene rings is 1. The third-order valence-corrected chi connectivity index (χ3v) is 3.70. The molecule has 0 aromatic heterocycles. The number of hydrogen-bond acceptors (Lipinski definition) is 4. The highest BCUT2D eigenvalue weighted by molar-refractivity contribution is 7.90. The van der Waals surface area contributed by atoms with E-state index in [2.05, 4.69) is 4.74 Å². The van der Waals surface area contributed by atoms with Crippen LogP contribution in [0.1, 0.15) is 5.56 Å². The van der Waals surface area contributed by atoms with Crippen LogP contribution in [0.5, 0.6) is 0 Å². The summed E-state index contributed by atoms with van der Waals surface area (Å²) in [5.41, 5.74) is 0.729. The van der Waals surface area contributed by atoms with Crippen molar-refractivity contribution in [2.24, 2.45) is 0 Å². The summed E-state index contributed by atoms with van der Waals surface area (Å²) in [4.78, 5) is 0.